The Kier molecular flexibility index (Phi) is 6.91. The minimum absolute atomic E-state index is 0.0763. The number of hydrogen-bond donors (Lipinski definition) is 2. The third kappa shape index (κ3) is 4.17. The van der Waals surface area contributed by atoms with Crippen LogP contribution in [0.5, 0.6) is 0 Å². The minimum atomic E-state index is -4.95. The van der Waals surface area contributed by atoms with Gasteiger partial charge in [-0.05, 0) is 0 Å². The molecule has 248 valence electrons. The van der Waals surface area contributed by atoms with Crippen molar-refractivity contribution >= 4 is 7.74 Å². The second kappa shape index (κ2) is 11.2. The van der Waals surface area contributed by atoms with Gasteiger partial charge in [0.05, 0.1) is 0 Å². The molecule has 2 unspecified atom stereocenters. The molecule has 0 amide bonds. The summed E-state index contributed by atoms with van der Waals surface area (Å²) in [6.45, 7) is 0. The first-order valence-electron chi connectivity index (χ1n) is 18.1. The van der Waals surface area contributed by atoms with Gasteiger partial charge >= 0.3 is 289 Å². The second-order valence-electron chi connectivity index (χ2n) is 14.9. The van der Waals surface area contributed by atoms with E-state index in [0.717, 1.165) is 83.4 Å². The number of allylic oxidation sites excluding steroid dienone is 8. The van der Waals surface area contributed by atoms with E-state index in [9.17, 15) is 0 Å². The monoisotopic (exact) mass is 694 g/mol. The van der Waals surface area contributed by atoms with Crippen LogP contribution in [-0.2, 0) is 55.1 Å². The fourth-order valence-electron chi connectivity index (χ4n) is 10.7. The molecule has 4 aromatic rings. The van der Waals surface area contributed by atoms with Crippen molar-refractivity contribution in [3.63, 3.8) is 0 Å². The number of hydrogen-bond acceptors (Lipinski definition) is 0. The van der Waals surface area contributed by atoms with Crippen molar-refractivity contribution < 1.29 is 34.2 Å². The molecule has 0 radical (unpaired) electrons. The van der Waals surface area contributed by atoms with E-state index < -0.39 is 39.9 Å². The van der Waals surface area contributed by atoms with Crippen LogP contribution in [0, 0.1) is 23.3 Å². The predicted molar refractivity (Wildman–Crippen MR) is 182 cm³/mol. The summed E-state index contributed by atoms with van der Waals surface area (Å²) in [6.07, 6.45) is 21.5. The van der Waals surface area contributed by atoms with E-state index in [1.165, 1.54) is 45.8 Å². The average Bonchev–Trinajstić information content (AvgIpc) is 3.92. The first-order valence-corrected chi connectivity index (χ1v) is 21.2. The van der Waals surface area contributed by atoms with Crippen molar-refractivity contribution in [2.24, 2.45) is 0 Å². The van der Waals surface area contributed by atoms with E-state index in [4.69, 9.17) is 0 Å². The van der Waals surface area contributed by atoms with Crippen molar-refractivity contribution in [3.8, 4) is 0 Å². The standard InChI is InChI=1S/2C16H14F2N.2C5H5.Ti/c2*17-9-4-5-10(13(18)8-9)11-6-7-15-16(11)12-2-1-3-14(12)19-15;2*1-2-4-5-3-1;/h2*4-5,11,19H,1-3,6-7H2;2*1-3H,4H2;. The summed E-state index contributed by atoms with van der Waals surface area (Å²) < 4.78 is 70.9. The third-order valence-electron chi connectivity index (χ3n) is 12.7. The van der Waals surface area contributed by atoms with Gasteiger partial charge in [-0.2, -0.15) is 0 Å². The summed E-state index contributed by atoms with van der Waals surface area (Å²) in [6, 6.07) is 5.98. The third-order valence-corrected chi connectivity index (χ3v) is 20.6. The Morgan fingerprint density at radius 3 is 1.45 bits per heavy atom. The van der Waals surface area contributed by atoms with Crippen LogP contribution in [0.3, 0.4) is 0 Å². The molecular weight excluding hydrogens is 656 g/mol. The van der Waals surface area contributed by atoms with Crippen LogP contribution in [0.1, 0.15) is 107 Å². The van der Waals surface area contributed by atoms with Gasteiger partial charge in [0.15, 0.2) is 0 Å². The van der Waals surface area contributed by atoms with E-state index in [1.807, 2.05) is 36.5 Å². The molecule has 2 aromatic heterocycles. The molecule has 2 nitrogen and oxygen atoms in total. The first kappa shape index (κ1) is 30.2. The Morgan fingerprint density at radius 1 is 0.551 bits per heavy atom. The van der Waals surface area contributed by atoms with Crippen LogP contribution in [0.15, 0.2) is 68.5 Å². The Hall–Kier alpha value is -3.61. The molecule has 2 atom stereocenters. The molecular formula is C42H38F4N2Ti. The molecule has 0 saturated heterocycles. The molecule has 0 spiro atoms. The van der Waals surface area contributed by atoms with Gasteiger partial charge in [0, 0.05) is 0 Å². The molecule has 2 N–H and O–H groups in total. The predicted octanol–water partition coefficient (Wildman–Crippen LogP) is 8.83. The van der Waals surface area contributed by atoms with Crippen LogP contribution in [0.2, 0.25) is 0 Å². The molecule has 6 aliphatic rings. The van der Waals surface area contributed by atoms with Crippen molar-refractivity contribution in [2.75, 3.05) is 0 Å². The van der Waals surface area contributed by atoms with Crippen molar-refractivity contribution in [1.82, 2.24) is 9.97 Å². The van der Waals surface area contributed by atoms with Gasteiger partial charge in [-0.15, -0.1) is 0 Å². The summed E-state index contributed by atoms with van der Waals surface area (Å²) in [5.41, 5.74) is 10.6. The molecule has 6 aliphatic carbocycles. The number of rotatable bonds is 6. The van der Waals surface area contributed by atoms with Crippen LogP contribution < -0.4 is 7.74 Å². The quantitative estimate of drug-likeness (QED) is 0.149. The summed E-state index contributed by atoms with van der Waals surface area (Å²) in [4.78, 5) is 7.22. The number of H-pyrrole nitrogens is 2. The number of fused-ring (bicyclic) bond motifs is 6. The number of aryl methyl sites for hydroxylation is 4. The number of benzene rings is 2. The molecule has 2 aromatic carbocycles. The molecule has 0 fully saturated rings. The maximum absolute atomic E-state index is 17.8. The number of halogens is 4. The van der Waals surface area contributed by atoms with E-state index in [0.29, 0.717) is 24.0 Å². The Labute approximate surface area is 287 Å². The maximum atomic E-state index is 17.8. The van der Waals surface area contributed by atoms with E-state index in [-0.39, 0.29) is 19.6 Å². The van der Waals surface area contributed by atoms with E-state index in [2.05, 4.69) is 9.97 Å². The fraction of sp³-hybridized carbons (Fsp3) is 0.333. The zero-order valence-electron chi connectivity index (χ0n) is 27.4. The summed E-state index contributed by atoms with van der Waals surface area (Å²) in [7, 11) is 0. The van der Waals surface area contributed by atoms with Gasteiger partial charge < -0.3 is 0 Å². The summed E-state index contributed by atoms with van der Waals surface area (Å²) >= 11 is -4.95. The normalized spacial score (nSPS) is 21.8. The van der Waals surface area contributed by atoms with Gasteiger partial charge in [0.1, 0.15) is 0 Å². The molecule has 0 bridgehead atoms. The van der Waals surface area contributed by atoms with E-state index in [1.54, 1.807) is 12.1 Å². The van der Waals surface area contributed by atoms with Gasteiger partial charge in [-0.3, -0.25) is 0 Å². The van der Waals surface area contributed by atoms with Gasteiger partial charge in [-0.1, -0.05) is 0 Å². The van der Waals surface area contributed by atoms with Gasteiger partial charge in [-0.25, -0.2) is 0 Å². The Bertz CT molecular complexity index is 2060. The van der Waals surface area contributed by atoms with Crippen LogP contribution in [0.25, 0.3) is 0 Å². The first-order chi connectivity index (χ1) is 24.0. The Balaban J connectivity index is 1.22. The van der Waals surface area contributed by atoms with Crippen LogP contribution in [0.4, 0.5) is 17.6 Å². The number of aromatic nitrogens is 2. The zero-order chi connectivity index (χ0) is 33.0. The Morgan fingerprint density at radius 2 is 1.02 bits per heavy atom. The molecule has 7 heteroatoms. The van der Waals surface area contributed by atoms with Crippen molar-refractivity contribution in [1.29, 1.82) is 0 Å². The van der Waals surface area contributed by atoms with Crippen LogP contribution >= 0.6 is 0 Å². The number of nitrogens with one attached hydrogen (secondary N) is 2. The van der Waals surface area contributed by atoms with Crippen molar-refractivity contribution in [3.05, 3.63) is 148 Å². The molecule has 0 aliphatic heterocycles. The second-order valence-corrected chi connectivity index (χ2v) is 20.8. The van der Waals surface area contributed by atoms with Crippen molar-refractivity contribution in [2.45, 2.75) is 88.9 Å². The number of aromatic amines is 2. The summed E-state index contributed by atoms with van der Waals surface area (Å²) in [5, 5.41) is 0. The topological polar surface area (TPSA) is 31.6 Å². The zero-order valence-corrected chi connectivity index (χ0v) is 29.0. The SMILES string of the molecule is Fc1ccc(C2CCc3[nH]c4c(c32)CCC4)c(F)[c]1[Ti]([C]1=CC=CC1)([C]1=CC=CC1)[c]1c(F)ccc(C2CCc3[nH]c4c(c32)CCC4)c1F. The molecule has 10 rings (SSSR count). The molecule has 2 heterocycles. The molecule has 49 heavy (non-hydrogen) atoms. The van der Waals surface area contributed by atoms with E-state index >= 15 is 17.6 Å². The summed E-state index contributed by atoms with van der Waals surface area (Å²) in [5.74, 6) is -3.05. The average molecular weight is 695 g/mol. The molecule has 0 saturated carbocycles. The fourth-order valence-corrected chi connectivity index (χ4v) is 19.0. The van der Waals surface area contributed by atoms with Crippen LogP contribution in [-0.4, -0.2) is 9.97 Å². The van der Waals surface area contributed by atoms with Gasteiger partial charge in [0.25, 0.3) is 0 Å². The van der Waals surface area contributed by atoms with Gasteiger partial charge in [0.2, 0.25) is 0 Å².